The SMILES string of the molecule is ON=C(c1ccccn1)c1ccccc1CC=Cc1ccccc1. The van der Waals surface area contributed by atoms with Crippen LogP contribution in [0.1, 0.15) is 22.4 Å². The van der Waals surface area contributed by atoms with Crippen LogP contribution in [-0.4, -0.2) is 15.9 Å². The maximum Gasteiger partial charge on any atom is 0.135 e. The topological polar surface area (TPSA) is 45.5 Å². The van der Waals surface area contributed by atoms with E-state index >= 15 is 0 Å². The summed E-state index contributed by atoms with van der Waals surface area (Å²) in [4.78, 5) is 4.29. The van der Waals surface area contributed by atoms with Crippen LogP contribution in [0.15, 0.2) is 90.2 Å². The van der Waals surface area contributed by atoms with Gasteiger partial charge in [-0.15, -0.1) is 0 Å². The summed E-state index contributed by atoms with van der Waals surface area (Å²) in [6.45, 7) is 0. The second-order valence-corrected chi connectivity index (χ2v) is 5.34. The molecular weight excluding hydrogens is 296 g/mol. The maximum absolute atomic E-state index is 9.49. The summed E-state index contributed by atoms with van der Waals surface area (Å²) >= 11 is 0. The molecule has 3 rings (SSSR count). The van der Waals surface area contributed by atoms with E-state index in [4.69, 9.17) is 0 Å². The van der Waals surface area contributed by atoms with Crippen LogP contribution in [0.2, 0.25) is 0 Å². The fourth-order valence-corrected chi connectivity index (χ4v) is 2.56. The highest BCUT2D eigenvalue weighted by molar-refractivity contribution is 6.12. The second-order valence-electron chi connectivity index (χ2n) is 5.34. The van der Waals surface area contributed by atoms with Crippen LogP contribution in [0.25, 0.3) is 6.08 Å². The summed E-state index contributed by atoms with van der Waals surface area (Å²) in [5, 5.41) is 13.0. The van der Waals surface area contributed by atoms with Crippen LogP contribution < -0.4 is 0 Å². The first-order chi connectivity index (χ1) is 11.9. The Kier molecular flexibility index (Phi) is 5.15. The van der Waals surface area contributed by atoms with Crippen molar-refractivity contribution in [2.75, 3.05) is 0 Å². The molecule has 0 radical (unpaired) electrons. The van der Waals surface area contributed by atoms with E-state index in [0.717, 1.165) is 23.1 Å². The lowest BCUT2D eigenvalue weighted by atomic mass is 9.98. The molecule has 0 bridgehead atoms. The molecule has 0 aliphatic rings. The average molecular weight is 314 g/mol. The van der Waals surface area contributed by atoms with Gasteiger partial charge in [0, 0.05) is 11.8 Å². The first kappa shape index (κ1) is 15.7. The Morgan fingerprint density at radius 1 is 0.917 bits per heavy atom. The first-order valence-electron chi connectivity index (χ1n) is 7.82. The summed E-state index contributed by atoms with van der Waals surface area (Å²) in [5.41, 5.74) is 4.27. The standard InChI is InChI=1S/C21H18N2O/c24-23-21(20-15-6-7-16-22-20)19-14-5-4-12-18(19)13-8-11-17-9-2-1-3-10-17/h1-12,14-16,24H,13H2. The maximum atomic E-state index is 9.49. The first-order valence-corrected chi connectivity index (χ1v) is 7.82. The Bertz CT molecular complexity index is 840. The lowest BCUT2D eigenvalue weighted by Gasteiger charge is -2.09. The van der Waals surface area contributed by atoms with E-state index in [9.17, 15) is 5.21 Å². The minimum Gasteiger partial charge on any atom is -0.410 e. The van der Waals surface area contributed by atoms with E-state index in [2.05, 4.69) is 34.4 Å². The Hall–Kier alpha value is -3.20. The molecule has 3 aromatic rings. The monoisotopic (exact) mass is 314 g/mol. The van der Waals surface area contributed by atoms with Gasteiger partial charge in [0.05, 0.1) is 5.69 Å². The number of oxime groups is 1. The van der Waals surface area contributed by atoms with Gasteiger partial charge in [0.25, 0.3) is 0 Å². The summed E-state index contributed by atoms with van der Waals surface area (Å²) < 4.78 is 0. The molecule has 0 unspecified atom stereocenters. The van der Waals surface area contributed by atoms with E-state index in [0.29, 0.717) is 11.4 Å². The highest BCUT2D eigenvalue weighted by Crippen LogP contribution is 2.16. The molecule has 0 aliphatic carbocycles. The van der Waals surface area contributed by atoms with Gasteiger partial charge in [-0.2, -0.15) is 0 Å². The molecule has 0 spiro atoms. The van der Waals surface area contributed by atoms with Crippen LogP contribution in [-0.2, 0) is 6.42 Å². The van der Waals surface area contributed by atoms with Crippen LogP contribution in [0, 0.1) is 0 Å². The van der Waals surface area contributed by atoms with E-state index < -0.39 is 0 Å². The van der Waals surface area contributed by atoms with Crippen molar-refractivity contribution in [1.29, 1.82) is 0 Å². The molecule has 0 saturated carbocycles. The van der Waals surface area contributed by atoms with Gasteiger partial charge < -0.3 is 5.21 Å². The van der Waals surface area contributed by atoms with Crippen molar-refractivity contribution >= 4 is 11.8 Å². The normalized spacial score (nSPS) is 11.8. The van der Waals surface area contributed by atoms with Crippen LogP contribution in [0.4, 0.5) is 0 Å². The summed E-state index contributed by atoms with van der Waals surface area (Å²) in [6, 6.07) is 23.7. The summed E-state index contributed by atoms with van der Waals surface area (Å²) in [6.07, 6.45) is 6.64. The number of benzene rings is 2. The summed E-state index contributed by atoms with van der Waals surface area (Å²) in [7, 11) is 0. The molecule has 0 atom stereocenters. The third kappa shape index (κ3) is 3.76. The van der Waals surface area contributed by atoms with Crippen LogP contribution in [0.3, 0.4) is 0 Å². The minimum atomic E-state index is 0.485. The number of aromatic nitrogens is 1. The molecule has 3 heteroatoms. The smallest absolute Gasteiger partial charge is 0.135 e. The quantitative estimate of drug-likeness (QED) is 0.426. The highest BCUT2D eigenvalue weighted by Gasteiger charge is 2.12. The molecule has 0 saturated heterocycles. The van der Waals surface area contributed by atoms with Crippen molar-refractivity contribution in [3.05, 3.63) is 107 Å². The molecule has 0 fully saturated rings. The van der Waals surface area contributed by atoms with Gasteiger partial charge >= 0.3 is 0 Å². The molecule has 0 amide bonds. The Morgan fingerprint density at radius 3 is 2.42 bits per heavy atom. The number of hydrogen-bond acceptors (Lipinski definition) is 3. The predicted octanol–water partition coefficient (Wildman–Crippen LogP) is 4.56. The zero-order valence-corrected chi connectivity index (χ0v) is 13.2. The fourth-order valence-electron chi connectivity index (χ4n) is 2.56. The van der Waals surface area contributed by atoms with Gasteiger partial charge in [0.1, 0.15) is 5.71 Å². The molecule has 1 aromatic heterocycles. The van der Waals surface area contributed by atoms with Gasteiger partial charge in [-0.05, 0) is 29.7 Å². The van der Waals surface area contributed by atoms with Gasteiger partial charge in [0.2, 0.25) is 0 Å². The second kappa shape index (κ2) is 7.88. The van der Waals surface area contributed by atoms with Crippen molar-refractivity contribution in [1.82, 2.24) is 4.98 Å². The average Bonchev–Trinajstić information content (AvgIpc) is 2.65. The molecule has 24 heavy (non-hydrogen) atoms. The van der Waals surface area contributed by atoms with Crippen molar-refractivity contribution < 1.29 is 5.21 Å². The molecule has 1 heterocycles. The van der Waals surface area contributed by atoms with E-state index in [1.807, 2.05) is 60.7 Å². The highest BCUT2D eigenvalue weighted by atomic mass is 16.4. The van der Waals surface area contributed by atoms with Crippen LogP contribution in [0.5, 0.6) is 0 Å². The van der Waals surface area contributed by atoms with Gasteiger partial charge in [0.15, 0.2) is 0 Å². The molecule has 118 valence electrons. The van der Waals surface area contributed by atoms with E-state index in [1.54, 1.807) is 6.20 Å². The molecule has 3 nitrogen and oxygen atoms in total. The van der Waals surface area contributed by atoms with Crippen molar-refractivity contribution in [3.8, 4) is 0 Å². The number of allylic oxidation sites excluding steroid dienone is 1. The molecular formula is C21H18N2O. The molecule has 0 aliphatic heterocycles. The van der Waals surface area contributed by atoms with Crippen molar-refractivity contribution in [2.45, 2.75) is 6.42 Å². The Labute approximate surface area is 141 Å². The number of rotatable bonds is 5. The minimum absolute atomic E-state index is 0.485. The van der Waals surface area contributed by atoms with Gasteiger partial charge in [-0.1, -0.05) is 78.0 Å². The van der Waals surface area contributed by atoms with Crippen LogP contribution >= 0.6 is 0 Å². The van der Waals surface area contributed by atoms with E-state index in [-0.39, 0.29) is 0 Å². The third-order valence-corrected chi connectivity index (χ3v) is 3.73. The zero-order chi connectivity index (χ0) is 16.6. The van der Waals surface area contributed by atoms with Gasteiger partial charge in [-0.3, -0.25) is 4.98 Å². The third-order valence-electron chi connectivity index (χ3n) is 3.73. The molecule has 2 aromatic carbocycles. The number of pyridine rings is 1. The lowest BCUT2D eigenvalue weighted by Crippen LogP contribution is -2.08. The van der Waals surface area contributed by atoms with Crippen molar-refractivity contribution in [3.63, 3.8) is 0 Å². The summed E-state index contributed by atoms with van der Waals surface area (Å²) in [5.74, 6) is 0. The van der Waals surface area contributed by atoms with Gasteiger partial charge in [-0.25, -0.2) is 0 Å². The Balaban J connectivity index is 1.87. The number of nitrogens with zero attached hydrogens (tertiary/aromatic N) is 2. The van der Waals surface area contributed by atoms with E-state index in [1.165, 1.54) is 0 Å². The lowest BCUT2D eigenvalue weighted by molar-refractivity contribution is 0.319. The van der Waals surface area contributed by atoms with Crippen molar-refractivity contribution in [2.24, 2.45) is 5.16 Å². The largest absolute Gasteiger partial charge is 0.410 e. The number of hydrogen-bond donors (Lipinski definition) is 1. The Morgan fingerprint density at radius 2 is 1.67 bits per heavy atom. The fraction of sp³-hybridized carbons (Fsp3) is 0.0476. The zero-order valence-electron chi connectivity index (χ0n) is 13.2. The predicted molar refractivity (Wildman–Crippen MR) is 97.3 cm³/mol. The molecule has 1 N–H and O–H groups in total.